The number of thiophene rings is 1. The topological polar surface area (TPSA) is 44.8 Å². The van der Waals surface area contributed by atoms with E-state index in [0.29, 0.717) is 31.7 Å². The third-order valence-corrected chi connectivity index (χ3v) is 5.93. The molecule has 2 aliphatic rings. The van der Waals surface area contributed by atoms with E-state index in [0.717, 1.165) is 13.1 Å². The molecule has 0 saturated carbocycles. The summed E-state index contributed by atoms with van der Waals surface area (Å²) in [6, 6.07) is 4.97. The van der Waals surface area contributed by atoms with E-state index in [2.05, 4.69) is 34.8 Å². The molecule has 0 spiro atoms. The molecule has 0 aliphatic carbocycles. The second kappa shape index (κ2) is 7.64. The summed E-state index contributed by atoms with van der Waals surface area (Å²) in [4.78, 5) is 18.2. The number of urea groups is 1. The second-order valence-electron chi connectivity index (χ2n) is 6.65. The predicted molar refractivity (Wildman–Crippen MR) is 92.8 cm³/mol. The molecule has 1 N–H and O–H groups in total. The van der Waals surface area contributed by atoms with Crippen molar-refractivity contribution in [3.63, 3.8) is 0 Å². The highest BCUT2D eigenvalue weighted by molar-refractivity contribution is 7.10. The van der Waals surface area contributed by atoms with Gasteiger partial charge in [-0.1, -0.05) is 6.07 Å². The molecule has 5 nitrogen and oxygen atoms in total. The molecule has 2 amide bonds. The zero-order chi connectivity index (χ0) is 16.2. The third-order valence-electron chi connectivity index (χ3n) is 4.99. The minimum absolute atomic E-state index is 0.0546. The van der Waals surface area contributed by atoms with E-state index in [1.807, 2.05) is 23.2 Å². The number of likely N-dealkylation sites (tertiary alicyclic amines) is 1. The lowest BCUT2D eigenvalue weighted by Crippen LogP contribution is -2.52. The van der Waals surface area contributed by atoms with Crippen molar-refractivity contribution in [3.05, 3.63) is 22.4 Å². The number of nitrogens with one attached hydrogen (secondary N) is 1. The number of nitrogens with zero attached hydrogens (tertiary/aromatic N) is 2. The van der Waals surface area contributed by atoms with E-state index in [9.17, 15) is 4.79 Å². The van der Waals surface area contributed by atoms with Crippen molar-refractivity contribution in [2.24, 2.45) is 5.92 Å². The van der Waals surface area contributed by atoms with E-state index in [1.54, 1.807) is 0 Å². The maximum atomic E-state index is 12.5. The summed E-state index contributed by atoms with van der Waals surface area (Å²) in [7, 11) is 2.20. The zero-order valence-corrected chi connectivity index (χ0v) is 14.8. The molecule has 0 radical (unpaired) electrons. The molecule has 23 heavy (non-hydrogen) atoms. The van der Waals surface area contributed by atoms with Gasteiger partial charge >= 0.3 is 6.03 Å². The first-order valence-electron chi connectivity index (χ1n) is 8.52. The first-order valence-corrected chi connectivity index (χ1v) is 9.40. The number of piperidine rings is 1. The van der Waals surface area contributed by atoms with Crippen molar-refractivity contribution in [3.8, 4) is 0 Å². The van der Waals surface area contributed by atoms with Gasteiger partial charge in [-0.05, 0) is 50.7 Å². The first-order chi connectivity index (χ1) is 11.2. The monoisotopic (exact) mass is 337 g/mol. The molecule has 128 valence electrons. The average Bonchev–Trinajstić information content (AvgIpc) is 3.07. The third kappa shape index (κ3) is 3.87. The van der Waals surface area contributed by atoms with Crippen molar-refractivity contribution in [2.75, 3.05) is 39.9 Å². The van der Waals surface area contributed by atoms with Gasteiger partial charge in [0.05, 0.1) is 19.3 Å². The highest BCUT2D eigenvalue weighted by atomic mass is 32.1. The van der Waals surface area contributed by atoms with E-state index in [4.69, 9.17) is 4.74 Å². The molecule has 2 saturated heterocycles. The molecule has 1 aromatic heterocycles. The van der Waals surface area contributed by atoms with Crippen LogP contribution < -0.4 is 5.32 Å². The zero-order valence-electron chi connectivity index (χ0n) is 14.0. The average molecular weight is 337 g/mol. The van der Waals surface area contributed by atoms with Gasteiger partial charge in [0.25, 0.3) is 0 Å². The van der Waals surface area contributed by atoms with Gasteiger partial charge in [-0.3, -0.25) is 4.90 Å². The smallest absolute Gasteiger partial charge is 0.317 e. The fourth-order valence-electron chi connectivity index (χ4n) is 3.73. The Kier molecular flexibility index (Phi) is 5.56. The molecule has 0 unspecified atom stereocenters. The van der Waals surface area contributed by atoms with Gasteiger partial charge in [-0.25, -0.2) is 4.79 Å². The normalized spacial score (nSPS) is 29.5. The van der Waals surface area contributed by atoms with Crippen molar-refractivity contribution >= 4 is 17.4 Å². The second-order valence-corrected chi connectivity index (χ2v) is 7.63. The van der Waals surface area contributed by atoms with Crippen LogP contribution in [0.4, 0.5) is 4.79 Å². The number of hydrogen-bond donors (Lipinski definition) is 1. The van der Waals surface area contributed by atoms with Gasteiger partial charge in [0.1, 0.15) is 0 Å². The number of carbonyl (C=O) groups is 1. The van der Waals surface area contributed by atoms with Crippen LogP contribution in [0.1, 0.15) is 30.7 Å². The molecular weight excluding hydrogens is 310 g/mol. The quantitative estimate of drug-likeness (QED) is 0.922. The lowest BCUT2D eigenvalue weighted by Gasteiger charge is -2.39. The maximum absolute atomic E-state index is 12.5. The van der Waals surface area contributed by atoms with Crippen molar-refractivity contribution in [1.82, 2.24) is 15.1 Å². The Bertz CT molecular complexity index is 508. The minimum atomic E-state index is 0.0546. The SMILES string of the molecule is C[C@@H]1COCCN1C(=O)NC[C@@H]1CCCN(C)[C@@H]1c1cccs1. The molecule has 0 bridgehead atoms. The van der Waals surface area contributed by atoms with Gasteiger partial charge < -0.3 is 15.0 Å². The molecule has 0 aromatic carbocycles. The van der Waals surface area contributed by atoms with Crippen LogP contribution in [-0.2, 0) is 4.74 Å². The Labute approximate surface area is 142 Å². The summed E-state index contributed by atoms with van der Waals surface area (Å²) in [6.45, 7) is 5.88. The number of carbonyl (C=O) groups excluding carboxylic acids is 1. The summed E-state index contributed by atoms with van der Waals surface area (Å²) in [6.07, 6.45) is 2.37. The maximum Gasteiger partial charge on any atom is 0.317 e. The number of rotatable bonds is 3. The number of hydrogen-bond acceptors (Lipinski definition) is 4. The molecule has 3 rings (SSSR count). The number of morpholine rings is 1. The van der Waals surface area contributed by atoms with Gasteiger partial charge in [0.15, 0.2) is 0 Å². The summed E-state index contributed by atoms with van der Waals surface area (Å²) in [5.41, 5.74) is 0. The summed E-state index contributed by atoms with van der Waals surface area (Å²) in [5.74, 6) is 0.479. The fraction of sp³-hybridized carbons (Fsp3) is 0.706. The number of ether oxygens (including phenoxy) is 1. The van der Waals surface area contributed by atoms with Crippen LogP contribution in [0, 0.1) is 5.92 Å². The summed E-state index contributed by atoms with van der Waals surface area (Å²) in [5, 5.41) is 5.32. The van der Waals surface area contributed by atoms with Gasteiger partial charge in [-0.15, -0.1) is 11.3 Å². The van der Waals surface area contributed by atoms with E-state index < -0.39 is 0 Å². The lowest BCUT2D eigenvalue weighted by molar-refractivity contribution is 0.0183. The van der Waals surface area contributed by atoms with Crippen LogP contribution in [0.15, 0.2) is 17.5 Å². The predicted octanol–water partition coefficient (Wildman–Crippen LogP) is 2.56. The molecule has 2 aliphatic heterocycles. The summed E-state index contributed by atoms with van der Waals surface area (Å²) < 4.78 is 5.41. The van der Waals surface area contributed by atoms with Crippen LogP contribution in [0.2, 0.25) is 0 Å². The molecule has 3 heterocycles. The highest BCUT2D eigenvalue weighted by Crippen LogP contribution is 2.36. The van der Waals surface area contributed by atoms with Gasteiger partial charge in [0, 0.05) is 24.0 Å². The largest absolute Gasteiger partial charge is 0.377 e. The van der Waals surface area contributed by atoms with Crippen LogP contribution in [-0.4, -0.2) is 61.8 Å². The molecule has 6 heteroatoms. The first kappa shape index (κ1) is 16.7. The standard InChI is InChI=1S/C17H27N3O2S/c1-13-12-22-9-8-20(13)17(21)18-11-14-5-3-7-19(2)16(14)15-6-4-10-23-15/h4,6,10,13-14,16H,3,5,7-9,11-12H2,1-2H3,(H,18,21)/t13-,14+,16+/m1/s1. The van der Waals surface area contributed by atoms with Crippen molar-refractivity contribution < 1.29 is 9.53 Å². The van der Waals surface area contributed by atoms with Gasteiger partial charge in [0.2, 0.25) is 0 Å². The van der Waals surface area contributed by atoms with Crippen LogP contribution in [0.5, 0.6) is 0 Å². The van der Waals surface area contributed by atoms with Crippen molar-refractivity contribution in [1.29, 1.82) is 0 Å². The molecule has 3 atom stereocenters. The van der Waals surface area contributed by atoms with E-state index in [-0.39, 0.29) is 12.1 Å². The Morgan fingerprint density at radius 1 is 1.48 bits per heavy atom. The Balaban J connectivity index is 1.60. The van der Waals surface area contributed by atoms with Crippen molar-refractivity contribution in [2.45, 2.75) is 31.8 Å². The van der Waals surface area contributed by atoms with Crippen LogP contribution in [0.25, 0.3) is 0 Å². The van der Waals surface area contributed by atoms with E-state index in [1.165, 1.54) is 17.7 Å². The molecule has 2 fully saturated rings. The molecule has 1 aromatic rings. The molecular formula is C17H27N3O2S. The summed E-state index contributed by atoms with van der Waals surface area (Å²) >= 11 is 1.82. The van der Waals surface area contributed by atoms with Gasteiger partial charge in [-0.2, -0.15) is 0 Å². The Morgan fingerprint density at radius 3 is 3.09 bits per heavy atom. The fourth-order valence-corrected chi connectivity index (χ4v) is 4.71. The number of amides is 2. The highest BCUT2D eigenvalue weighted by Gasteiger charge is 2.32. The van der Waals surface area contributed by atoms with E-state index >= 15 is 0 Å². The van der Waals surface area contributed by atoms with Crippen LogP contribution >= 0.6 is 11.3 Å². The Hall–Kier alpha value is -1.11. The Morgan fingerprint density at radius 2 is 2.35 bits per heavy atom. The van der Waals surface area contributed by atoms with Crippen LogP contribution in [0.3, 0.4) is 0 Å². The minimum Gasteiger partial charge on any atom is -0.377 e. The lowest BCUT2D eigenvalue weighted by atomic mass is 9.88.